The van der Waals surface area contributed by atoms with Crippen molar-refractivity contribution >= 4 is 17.4 Å². The molecule has 0 fully saturated rings. The lowest BCUT2D eigenvalue weighted by Crippen LogP contribution is -2.44. The number of nitrogens with two attached hydrogens (primary N) is 1. The van der Waals surface area contributed by atoms with Crippen LogP contribution in [0.1, 0.15) is 33.3 Å². The highest BCUT2D eigenvalue weighted by atomic mass is 16.5. The summed E-state index contributed by atoms with van der Waals surface area (Å²) in [5.74, 6) is 1.23. The van der Waals surface area contributed by atoms with Crippen LogP contribution in [0.25, 0.3) is 0 Å². The Hall–Kier alpha value is -3.43. The number of methoxy groups -OCH3 is 2. The van der Waals surface area contributed by atoms with Gasteiger partial charge < -0.3 is 25.4 Å². The van der Waals surface area contributed by atoms with Gasteiger partial charge in [-0.2, -0.15) is 0 Å². The van der Waals surface area contributed by atoms with Gasteiger partial charge in [0.2, 0.25) is 5.91 Å². The van der Waals surface area contributed by atoms with E-state index in [0.717, 1.165) is 5.56 Å². The van der Waals surface area contributed by atoms with Crippen LogP contribution in [0.5, 0.6) is 11.5 Å². The summed E-state index contributed by atoms with van der Waals surface area (Å²) in [5, 5.41) is 2.86. The Morgan fingerprint density at radius 2 is 1.79 bits per heavy atom. The SMILES string of the molecule is COc1ccc(CNC(=O)CN(CC(C)C)c2c(N)n(CC(C)C)c(=O)[nH]c2=O)cc1OC. The molecule has 1 aromatic heterocycles. The van der Waals surface area contributed by atoms with Gasteiger partial charge in [-0.05, 0) is 29.5 Å². The Morgan fingerprint density at radius 3 is 2.36 bits per heavy atom. The van der Waals surface area contributed by atoms with Crippen molar-refractivity contribution in [3.05, 3.63) is 44.6 Å². The molecule has 182 valence electrons. The number of anilines is 2. The molecule has 0 unspecified atom stereocenters. The van der Waals surface area contributed by atoms with Crippen molar-refractivity contribution in [1.82, 2.24) is 14.9 Å². The molecular weight excluding hydrogens is 426 g/mol. The number of benzene rings is 1. The third-order valence-corrected chi connectivity index (χ3v) is 4.94. The van der Waals surface area contributed by atoms with Crippen LogP contribution in [0.2, 0.25) is 0 Å². The number of amides is 1. The van der Waals surface area contributed by atoms with E-state index in [2.05, 4.69) is 10.3 Å². The highest BCUT2D eigenvalue weighted by molar-refractivity contribution is 5.82. The Labute approximate surface area is 193 Å². The number of carbonyl (C=O) groups is 1. The van der Waals surface area contributed by atoms with Crippen molar-refractivity contribution < 1.29 is 14.3 Å². The van der Waals surface area contributed by atoms with Gasteiger partial charge in [0.25, 0.3) is 5.56 Å². The van der Waals surface area contributed by atoms with E-state index in [9.17, 15) is 14.4 Å². The normalized spacial score (nSPS) is 11.0. The van der Waals surface area contributed by atoms with Gasteiger partial charge in [-0.3, -0.25) is 19.1 Å². The second kappa shape index (κ2) is 11.4. The van der Waals surface area contributed by atoms with Gasteiger partial charge in [0, 0.05) is 19.6 Å². The molecule has 0 aliphatic heterocycles. The second-order valence-corrected chi connectivity index (χ2v) is 8.74. The number of nitrogens with one attached hydrogen (secondary N) is 2. The van der Waals surface area contributed by atoms with E-state index < -0.39 is 11.2 Å². The third kappa shape index (κ3) is 6.77. The smallest absolute Gasteiger partial charge is 0.330 e. The van der Waals surface area contributed by atoms with Crippen LogP contribution >= 0.6 is 0 Å². The van der Waals surface area contributed by atoms with Gasteiger partial charge in [-0.1, -0.05) is 33.8 Å². The van der Waals surface area contributed by atoms with Crippen molar-refractivity contribution in [2.24, 2.45) is 11.8 Å². The summed E-state index contributed by atoms with van der Waals surface area (Å²) >= 11 is 0. The van der Waals surface area contributed by atoms with Crippen LogP contribution in [0, 0.1) is 11.8 Å². The molecule has 1 aromatic carbocycles. The fraction of sp³-hybridized carbons (Fsp3) is 0.522. The van der Waals surface area contributed by atoms with Crippen LogP contribution in [-0.2, 0) is 17.9 Å². The van der Waals surface area contributed by atoms with E-state index in [4.69, 9.17) is 15.2 Å². The largest absolute Gasteiger partial charge is 0.493 e. The number of nitrogen functional groups attached to an aromatic ring is 1. The van der Waals surface area contributed by atoms with Gasteiger partial charge in [0.05, 0.1) is 20.8 Å². The number of hydrogen-bond acceptors (Lipinski definition) is 7. The molecule has 0 spiro atoms. The molecule has 0 saturated carbocycles. The van der Waals surface area contributed by atoms with Crippen LogP contribution in [-0.4, -0.2) is 42.8 Å². The molecule has 0 atom stereocenters. The minimum Gasteiger partial charge on any atom is -0.493 e. The van der Waals surface area contributed by atoms with E-state index >= 15 is 0 Å². The zero-order chi connectivity index (χ0) is 24.7. The van der Waals surface area contributed by atoms with E-state index in [-0.39, 0.29) is 42.3 Å². The molecule has 0 radical (unpaired) electrons. The fourth-order valence-corrected chi connectivity index (χ4v) is 3.53. The first-order valence-electron chi connectivity index (χ1n) is 10.9. The highest BCUT2D eigenvalue weighted by Gasteiger charge is 2.22. The molecule has 0 saturated heterocycles. The van der Waals surface area contributed by atoms with Crippen LogP contribution in [0.4, 0.5) is 11.5 Å². The minimum atomic E-state index is -0.606. The molecule has 10 heteroatoms. The summed E-state index contributed by atoms with van der Waals surface area (Å²) in [6, 6.07) is 5.39. The van der Waals surface area contributed by atoms with Crippen molar-refractivity contribution in [1.29, 1.82) is 0 Å². The number of carbonyl (C=O) groups excluding carboxylic acids is 1. The summed E-state index contributed by atoms with van der Waals surface area (Å²) in [5.41, 5.74) is 6.05. The lowest BCUT2D eigenvalue weighted by molar-refractivity contribution is -0.119. The van der Waals surface area contributed by atoms with E-state index in [1.165, 1.54) is 4.57 Å². The number of aromatic amines is 1. The second-order valence-electron chi connectivity index (χ2n) is 8.74. The Balaban J connectivity index is 2.25. The first-order chi connectivity index (χ1) is 15.6. The Kier molecular flexibility index (Phi) is 8.95. The molecule has 2 aromatic rings. The number of H-pyrrole nitrogens is 1. The van der Waals surface area contributed by atoms with Gasteiger partial charge in [0.1, 0.15) is 11.5 Å². The average Bonchev–Trinajstić information content (AvgIpc) is 2.74. The Bertz CT molecular complexity index is 1070. The summed E-state index contributed by atoms with van der Waals surface area (Å²) in [4.78, 5) is 41.7. The average molecular weight is 462 g/mol. The van der Waals surface area contributed by atoms with Gasteiger partial charge in [0.15, 0.2) is 11.5 Å². The van der Waals surface area contributed by atoms with Crippen molar-refractivity contribution in [3.8, 4) is 11.5 Å². The van der Waals surface area contributed by atoms with Crippen LogP contribution in [0.15, 0.2) is 27.8 Å². The molecule has 0 aliphatic rings. The van der Waals surface area contributed by atoms with Crippen LogP contribution < -0.4 is 36.7 Å². The summed E-state index contributed by atoms with van der Waals surface area (Å²) in [6.45, 7) is 8.80. The molecule has 2 rings (SSSR count). The number of ether oxygens (including phenoxy) is 2. The molecule has 33 heavy (non-hydrogen) atoms. The lowest BCUT2D eigenvalue weighted by atomic mass is 10.2. The first-order valence-corrected chi connectivity index (χ1v) is 10.9. The summed E-state index contributed by atoms with van der Waals surface area (Å²) in [7, 11) is 3.10. The molecule has 4 N–H and O–H groups in total. The molecule has 10 nitrogen and oxygen atoms in total. The van der Waals surface area contributed by atoms with Gasteiger partial charge in [-0.25, -0.2) is 4.79 Å². The maximum absolute atomic E-state index is 12.8. The fourth-order valence-electron chi connectivity index (χ4n) is 3.53. The number of hydrogen-bond donors (Lipinski definition) is 3. The molecular formula is C23H35N5O5. The van der Waals surface area contributed by atoms with Crippen molar-refractivity contribution in [3.63, 3.8) is 0 Å². The zero-order valence-electron chi connectivity index (χ0n) is 20.2. The lowest BCUT2D eigenvalue weighted by Gasteiger charge is -2.27. The van der Waals surface area contributed by atoms with Crippen molar-refractivity contribution in [2.45, 2.75) is 40.8 Å². The maximum atomic E-state index is 12.8. The van der Waals surface area contributed by atoms with E-state index in [0.29, 0.717) is 24.6 Å². The zero-order valence-corrected chi connectivity index (χ0v) is 20.2. The van der Waals surface area contributed by atoms with Crippen LogP contribution in [0.3, 0.4) is 0 Å². The third-order valence-electron chi connectivity index (χ3n) is 4.94. The quantitative estimate of drug-likeness (QED) is 0.463. The molecule has 0 bridgehead atoms. The minimum absolute atomic E-state index is 0.0609. The van der Waals surface area contributed by atoms with E-state index in [1.54, 1.807) is 31.3 Å². The van der Waals surface area contributed by atoms with Gasteiger partial charge >= 0.3 is 5.69 Å². The van der Waals surface area contributed by atoms with Gasteiger partial charge in [-0.15, -0.1) is 0 Å². The standard InChI is InChI=1S/C23H35N5O5/c1-14(2)11-27(20-21(24)28(12-15(3)4)23(31)26-22(20)30)13-19(29)25-10-16-7-8-17(32-5)18(9-16)33-6/h7-9,14-15H,10-13,24H2,1-6H3,(H,25,29)(H,26,30,31). The Morgan fingerprint density at radius 1 is 1.12 bits per heavy atom. The van der Waals surface area contributed by atoms with Crippen molar-refractivity contribution in [2.75, 3.05) is 37.9 Å². The monoisotopic (exact) mass is 461 g/mol. The highest BCUT2D eigenvalue weighted by Crippen LogP contribution is 2.27. The molecule has 1 heterocycles. The summed E-state index contributed by atoms with van der Waals surface area (Å²) < 4.78 is 11.9. The predicted octanol–water partition coefficient (Wildman–Crippen LogP) is 1.57. The maximum Gasteiger partial charge on any atom is 0.330 e. The summed E-state index contributed by atoms with van der Waals surface area (Å²) in [6.07, 6.45) is 0. The molecule has 1 amide bonds. The number of nitrogens with zero attached hydrogens (tertiary/aromatic N) is 2. The predicted molar refractivity (Wildman–Crippen MR) is 129 cm³/mol. The van der Waals surface area contributed by atoms with E-state index in [1.807, 2.05) is 33.8 Å². The topological polar surface area (TPSA) is 132 Å². The first kappa shape index (κ1) is 25.8. The number of rotatable bonds is 11. The molecule has 0 aliphatic carbocycles. The number of aromatic nitrogens is 2.